The van der Waals surface area contributed by atoms with Gasteiger partial charge < -0.3 is 0 Å². The summed E-state index contributed by atoms with van der Waals surface area (Å²) in [6.45, 7) is 5.64. The fraction of sp³-hybridized carbons (Fsp3) is 0.353. The monoisotopic (exact) mass is 378 g/mol. The molecule has 7 nitrogen and oxygen atoms in total. The second-order valence-electron chi connectivity index (χ2n) is 6.85. The van der Waals surface area contributed by atoms with Crippen molar-refractivity contribution >= 4 is 11.7 Å². The van der Waals surface area contributed by atoms with Crippen molar-refractivity contribution in [3.8, 4) is 6.07 Å². The van der Waals surface area contributed by atoms with E-state index in [1.165, 1.54) is 18.3 Å². The zero-order valence-corrected chi connectivity index (χ0v) is 14.9. The maximum absolute atomic E-state index is 13.1. The lowest BCUT2D eigenvalue weighted by atomic mass is 9.96. The molecule has 10 heteroatoms. The van der Waals surface area contributed by atoms with Crippen molar-refractivity contribution in [3.63, 3.8) is 0 Å². The lowest BCUT2D eigenvalue weighted by molar-refractivity contribution is -0.141. The van der Waals surface area contributed by atoms with Crippen molar-refractivity contribution in [2.75, 3.05) is 11.6 Å². The Morgan fingerprint density at radius 1 is 1.26 bits per heavy atom. The van der Waals surface area contributed by atoms with Crippen LogP contribution in [0.4, 0.5) is 19.0 Å². The standard InChI is InChI=1S/C17H17F3N6O/c1-16(2,3)10-26(25-15(27)11-6-4-5-7-22-11)14-8-12(17(18,19)20)23-13(9-21)24-14/h4-8H,10H2,1-3H3,(H,25,27). The van der Waals surface area contributed by atoms with Gasteiger partial charge in [-0.15, -0.1) is 0 Å². The minimum Gasteiger partial charge on any atom is -0.267 e. The molecule has 0 fully saturated rings. The third-order valence-corrected chi connectivity index (χ3v) is 3.15. The average molecular weight is 378 g/mol. The van der Waals surface area contributed by atoms with Gasteiger partial charge in [-0.3, -0.25) is 20.2 Å². The number of carbonyl (C=O) groups is 1. The first-order chi connectivity index (χ1) is 12.5. The quantitative estimate of drug-likeness (QED) is 0.822. The van der Waals surface area contributed by atoms with E-state index < -0.39 is 29.0 Å². The number of amides is 1. The highest BCUT2D eigenvalue weighted by Crippen LogP contribution is 2.30. The summed E-state index contributed by atoms with van der Waals surface area (Å²) < 4.78 is 39.3. The second kappa shape index (κ2) is 7.57. The molecule has 0 atom stereocenters. The molecule has 0 saturated heterocycles. The highest BCUT2D eigenvalue weighted by Gasteiger charge is 2.35. The molecule has 2 aromatic heterocycles. The summed E-state index contributed by atoms with van der Waals surface area (Å²) in [6.07, 6.45) is -3.34. The molecule has 2 aromatic rings. The SMILES string of the molecule is CC(C)(C)CN(NC(=O)c1ccccn1)c1cc(C(F)(F)F)nc(C#N)n1. The molecular formula is C17H17F3N6O. The number of alkyl halides is 3. The number of hydrazine groups is 1. The van der Waals surface area contributed by atoms with Gasteiger partial charge in [-0.25, -0.2) is 4.98 Å². The van der Waals surface area contributed by atoms with E-state index in [4.69, 9.17) is 5.26 Å². The van der Waals surface area contributed by atoms with Gasteiger partial charge in [0.15, 0.2) is 11.5 Å². The minimum absolute atomic E-state index is 0.0852. The number of rotatable bonds is 4. The summed E-state index contributed by atoms with van der Waals surface area (Å²) in [7, 11) is 0. The van der Waals surface area contributed by atoms with Crippen LogP contribution in [0.1, 0.15) is 42.8 Å². The molecule has 142 valence electrons. The number of nitriles is 1. The van der Waals surface area contributed by atoms with Crippen molar-refractivity contribution < 1.29 is 18.0 Å². The number of pyridine rings is 1. The van der Waals surface area contributed by atoms with Crippen molar-refractivity contribution in [1.82, 2.24) is 20.4 Å². The molecule has 0 aromatic carbocycles. The third-order valence-electron chi connectivity index (χ3n) is 3.15. The van der Waals surface area contributed by atoms with Gasteiger partial charge in [-0.05, 0) is 17.5 Å². The molecule has 0 spiro atoms. The molecule has 1 N–H and O–H groups in total. The van der Waals surface area contributed by atoms with Crippen molar-refractivity contribution in [3.05, 3.63) is 47.7 Å². The molecule has 0 aliphatic carbocycles. The topological polar surface area (TPSA) is 94.8 Å². The van der Waals surface area contributed by atoms with Crippen molar-refractivity contribution in [2.24, 2.45) is 5.41 Å². The fourth-order valence-electron chi connectivity index (χ4n) is 2.10. The Morgan fingerprint density at radius 3 is 2.48 bits per heavy atom. The Labute approximate surface area is 153 Å². The highest BCUT2D eigenvalue weighted by atomic mass is 19.4. The zero-order valence-electron chi connectivity index (χ0n) is 14.9. The molecule has 27 heavy (non-hydrogen) atoms. The number of hydrogen-bond donors (Lipinski definition) is 1. The molecule has 0 saturated carbocycles. The number of nitrogens with zero attached hydrogens (tertiary/aromatic N) is 5. The number of carbonyl (C=O) groups excluding carboxylic acids is 1. The van der Waals surface area contributed by atoms with E-state index in [9.17, 15) is 18.0 Å². The molecule has 0 radical (unpaired) electrons. The lowest BCUT2D eigenvalue weighted by Gasteiger charge is -2.31. The van der Waals surface area contributed by atoms with Crippen LogP contribution in [0.2, 0.25) is 0 Å². The summed E-state index contributed by atoms with van der Waals surface area (Å²) in [5.41, 5.74) is 0.909. The molecule has 2 rings (SSSR count). The van der Waals surface area contributed by atoms with Crippen LogP contribution in [0.5, 0.6) is 0 Å². The first kappa shape index (κ1) is 20.1. The Balaban J connectivity index is 2.45. The first-order valence-electron chi connectivity index (χ1n) is 7.85. The summed E-state index contributed by atoms with van der Waals surface area (Å²) >= 11 is 0. The van der Waals surface area contributed by atoms with E-state index >= 15 is 0 Å². The maximum Gasteiger partial charge on any atom is 0.433 e. The number of nitrogens with one attached hydrogen (secondary N) is 1. The van der Waals surface area contributed by atoms with Gasteiger partial charge in [-0.1, -0.05) is 26.8 Å². The molecular weight excluding hydrogens is 361 g/mol. The lowest BCUT2D eigenvalue weighted by Crippen LogP contribution is -2.47. The molecule has 0 aliphatic heterocycles. The van der Waals surface area contributed by atoms with Crippen molar-refractivity contribution in [1.29, 1.82) is 5.26 Å². The van der Waals surface area contributed by atoms with E-state index in [1.807, 2.05) is 20.8 Å². The Hall–Kier alpha value is -3.22. The summed E-state index contributed by atoms with van der Waals surface area (Å²) in [4.78, 5) is 23.3. The predicted octanol–water partition coefficient (Wildman–Crippen LogP) is 2.96. The van der Waals surface area contributed by atoms with Crippen LogP contribution in [0.3, 0.4) is 0 Å². The van der Waals surface area contributed by atoms with Crippen LogP contribution in [-0.2, 0) is 6.18 Å². The third kappa shape index (κ3) is 5.64. The summed E-state index contributed by atoms with van der Waals surface area (Å²) in [6, 6.07) is 6.89. The van der Waals surface area contributed by atoms with E-state index in [0.717, 1.165) is 5.01 Å². The second-order valence-corrected chi connectivity index (χ2v) is 6.85. The number of anilines is 1. The van der Waals surface area contributed by atoms with Gasteiger partial charge >= 0.3 is 6.18 Å². The van der Waals surface area contributed by atoms with Crippen LogP contribution in [-0.4, -0.2) is 27.4 Å². The smallest absolute Gasteiger partial charge is 0.267 e. The van der Waals surface area contributed by atoms with Crippen LogP contribution in [0.15, 0.2) is 30.5 Å². The van der Waals surface area contributed by atoms with E-state index in [1.54, 1.807) is 12.1 Å². The number of halogens is 3. The van der Waals surface area contributed by atoms with Crippen LogP contribution in [0.25, 0.3) is 0 Å². The van der Waals surface area contributed by atoms with Crippen molar-refractivity contribution in [2.45, 2.75) is 26.9 Å². The van der Waals surface area contributed by atoms with Crippen LogP contribution < -0.4 is 10.4 Å². The highest BCUT2D eigenvalue weighted by molar-refractivity contribution is 5.93. The molecule has 1 amide bonds. The number of hydrogen-bond acceptors (Lipinski definition) is 6. The van der Waals surface area contributed by atoms with Gasteiger partial charge in [0.05, 0.1) is 0 Å². The zero-order chi connectivity index (χ0) is 20.2. The van der Waals surface area contributed by atoms with Gasteiger partial charge in [0.2, 0.25) is 5.82 Å². The molecule has 0 aliphatic rings. The Morgan fingerprint density at radius 2 is 1.96 bits per heavy atom. The molecule has 0 unspecified atom stereocenters. The van der Waals surface area contributed by atoms with Crippen LogP contribution in [0, 0.1) is 16.7 Å². The summed E-state index contributed by atoms with van der Waals surface area (Å²) in [5, 5.41) is 10.1. The first-order valence-corrected chi connectivity index (χ1v) is 7.85. The average Bonchev–Trinajstić information content (AvgIpc) is 2.59. The maximum atomic E-state index is 13.1. The molecule has 0 bridgehead atoms. The van der Waals surface area contributed by atoms with E-state index in [0.29, 0.717) is 6.07 Å². The molecule has 2 heterocycles. The van der Waals surface area contributed by atoms with Gasteiger partial charge in [0, 0.05) is 18.8 Å². The fourth-order valence-corrected chi connectivity index (χ4v) is 2.10. The summed E-state index contributed by atoms with van der Waals surface area (Å²) in [5.74, 6) is -1.51. The largest absolute Gasteiger partial charge is 0.433 e. The van der Waals surface area contributed by atoms with Gasteiger partial charge in [-0.2, -0.15) is 23.4 Å². The Kier molecular flexibility index (Phi) is 5.64. The minimum atomic E-state index is -4.76. The Bertz CT molecular complexity index is 856. The van der Waals surface area contributed by atoms with Gasteiger partial charge in [0.1, 0.15) is 11.8 Å². The normalized spacial score (nSPS) is 11.6. The predicted molar refractivity (Wildman–Crippen MR) is 90.3 cm³/mol. The van der Waals surface area contributed by atoms with E-state index in [-0.39, 0.29) is 18.1 Å². The van der Waals surface area contributed by atoms with E-state index in [2.05, 4.69) is 20.4 Å². The number of aromatic nitrogens is 3. The van der Waals surface area contributed by atoms with Crippen LogP contribution >= 0.6 is 0 Å². The van der Waals surface area contributed by atoms with Gasteiger partial charge in [0.25, 0.3) is 5.91 Å².